The Balaban J connectivity index is 1.73. The van der Waals surface area contributed by atoms with Crippen molar-refractivity contribution >= 4 is 39.1 Å². The lowest BCUT2D eigenvalue weighted by Gasteiger charge is -2.27. The molecule has 0 aromatic heterocycles. The van der Waals surface area contributed by atoms with Crippen molar-refractivity contribution in [3.05, 3.63) is 54.1 Å². The number of hydrogen-bond acceptors (Lipinski definition) is 5. The highest BCUT2D eigenvalue weighted by atomic mass is 32.2. The molecule has 9 nitrogen and oxygen atoms in total. The number of amides is 3. The number of carbonyl (C=O) groups is 3. The Hall–Kier alpha value is -3.24. The van der Waals surface area contributed by atoms with Gasteiger partial charge in [-0.25, -0.2) is 18.1 Å². The first-order valence-electron chi connectivity index (χ1n) is 9.62. The number of hydrogen-bond donors (Lipinski definition) is 3. The maximum atomic E-state index is 12.6. The minimum atomic E-state index is -3.74. The van der Waals surface area contributed by atoms with Gasteiger partial charge in [0.05, 0.1) is 10.6 Å². The molecule has 3 rings (SSSR count). The first-order chi connectivity index (χ1) is 14.4. The molecule has 0 atom stereocenters. The van der Waals surface area contributed by atoms with Crippen LogP contribution in [0.5, 0.6) is 0 Å². The molecule has 10 heteroatoms. The zero-order chi connectivity index (χ0) is 22.8. The lowest BCUT2D eigenvalue weighted by Crippen LogP contribution is -2.50. The Morgan fingerprint density at radius 3 is 2.35 bits per heavy atom. The van der Waals surface area contributed by atoms with Crippen LogP contribution in [0.4, 0.5) is 11.4 Å². The van der Waals surface area contributed by atoms with Crippen LogP contribution in [0.1, 0.15) is 44.0 Å². The van der Waals surface area contributed by atoms with Crippen molar-refractivity contribution in [3.8, 4) is 0 Å². The largest absolute Gasteiger partial charge is 0.322 e. The predicted octanol–water partition coefficient (Wildman–Crippen LogP) is 2.17. The number of benzene rings is 2. The van der Waals surface area contributed by atoms with Gasteiger partial charge in [0, 0.05) is 29.6 Å². The molecule has 0 aliphatic carbocycles. The topological polar surface area (TPSA) is 125 Å². The van der Waals surface area contributed by atoms with E-state index in [2.05, 4.69) is 15.5 Å². The summed E-state index contributed by atoms with van der Waals surface area (Å²) in [5, 5.41) is 3.82. The molecule has 1 aliphatic heterocycles. The Kier molecular flexibility index (Phi) is 6.14. The molecule has 0 saturated carbocycles. The van der Waals surface area contributed by atoms with Crippen LogP contribution in [-0.2, 0) is 19.6 Å². The van der Waals surface area contributed by atoms with Gasteiger partial charge in [0.2, 0.25) is 21.8 Å². The number of rotatable bonds is 5. The number of anilines is 2. The highest BCUT2D eigenvalue weighted by Crippen LogP contribution is 2.20. The van der Waals surface area contributed by atoms with Crippen LogP contribution in [0.15, 0.2) is 53.4 Å². The van der Waals surface area contributed by atoms with Crippen molar-refractivity contribution in [2.45, 2.75) is 44.0 Å². The first-order valence-corrected chi connectivity index (χ1v) is 11.1. The quantitative estimate of drug-likeness (QED) is 0.652. The molecule has 1 fully saturated rings. The van der Waals surface area contributed by atoms with Crippen molar-refractivity contribution in [1.29, 1.82) is 0 Å². The molecule has 1 heterocycles. The van der Waals surface area contributed by atoms with Gasteiger partial charge < -0.3 is 5.32 Å². The summed E-state index contributed by atoms with van der Waals surface area (Å²) < 4.78 is 27.6. The highest BCUT2D eigenvalue weighted by Gasteiger charge is 2.25. The van der Waals surface area contributed by atoms with E-state index in [0.29, 0.717) is 16.9 Å². The molecule has 0 unspecified atom stereocenters. The van der Waals surface area contributed by atoms with E-state index in [1.165, 1.54) is 24.3 Å². The van der Waals surface area contributed by atoms with Gasteiger partial charge in [0.15, 0.2) is 0 Å². The van der Waals surface area contributed by atoms with E-state index in [-0.39, 0.29) is 29.6 Å². The van der Waals surface area contributed by atoms with Crippen molar-refractivity contribution in [1.82, 2.24) is 10.1 Å². The number of carbonyl (C=O) groups excluding carboxylic acids is 3. The molecule has 164 valence electrons. The molecule has 1 saturated heterocycles. The summed E-state index contributed by atoms with van der Waals surface area (Å²) in [5.74, 6) is -0.935. The molecule has 2 aromatic rings. The highest BCUT2D eigenvalue weighted by molar-refractivity contribution is 7.89. The van der Waals surface area contributed by atoms with Gasteiger partial charge in [-0.2, -0.15) is 0 Å². The zero-order valence-electron chi connectivity index (χ0n) is 17.4. The maximum Gasteiger partial charge on any atom is 0.255 e. The van der Waals surface area contributed by atoms with Crippen LogP contribution in [0.25, 0.3) is 0 Å². The van der Waals surface area contributed by atoms with Gasteiger partial charge in [-0.1, -0.05) is 6.07 Å². The summed E-state index contributed by atoms with van der Waals surface area (Å²) in [4.78, 5) is 36.1. The van der Waals surface area contributed by atoms with Crippen molar-refractivity contribution in [3.63, 3.8) is 0 Å². The van der Waals surface area contributed by atoms with E-state index >= 15 is 0 Å². The Morgan fingerprint density at radius 2 is 1.71 bits per heavy atom. The Morgan fingerprint density at radius 1 is 1.03 bits per heavy atom. The summed E-state index contributed by atoms with van der Waals surface area (Å²) in [7, 11) is -3.74. The Labute approximate surface area is 180 Å². The summed E-state index contributed by atoms with van der Waals surface area (Å²) in [5.41, 5.74) is 2.92. The van der Waals surface area contributed by atoms with Crippen molar-refractivity contribution in [2.24, 2.45) is 0 Å². The molecule has 3 N–H and O–H groups in total. The standard InChI is InChI=1S/C21H24N4O5S/c1-21(2,3)24-31(29,30)17-6-4-5-15(13-17)22-20(28)14-7-9-16(10-8-14)25-19(27)12-11-18(26)23-25/h4-10,13,24H,11-12H2,1-3H3,(H,22,28)(H,23,26). The van der Waals surface area contributed by atoms with Gasteiger partial charge >= 0.3 is 0 Å². The maximum absolute atomic E-state index is 12.6. The summed E-state index contributed by atoms with van der Waals surface area (Å²) >= 11 is 0. The third kappa shape index (κ3) is 5.68. The fourth-order valence-corrected chi connectivity index (χ4v) is 4.42. The number of hydrazine groups is 1. The van der Waals surface area contributed by atoms with Gasteiger partial charge in [0.1, 0.15) is 0 Å². The third-order valence-electron chi connectivity index (χ3n) is 4.28. The van der Waals surface area contributed by atoms with Crippen molar-refractivity contribution < 1.29 is 22.8 Å². The van der Waals surface area contributed by atoms with Crippen molar-refractivity contribution in [2.75, 3.05) is 10.3 Å². The second-order valence-corrected chi connectivity index (χ2v) is 9.83. The molecular weight excluding hydrogens is 420 g/mol. The van der Waals surface area contributed by atoms with Crippen LogP contribution in [0, 0.1) is 0 Å². The van der Waals surface area contributed by atoms with E-state index in [1.807, 2.05) is 0 Å². The second kappa shape index (κ2) is 8.48. The predicted molar refractivity (Wildman–Crippen MR) is 116 cm³/mol. The molecule has 0 spiro atoms. The van der Waals surface area contributed by atoms with E-state index in [0.717, 1.165) is 5.01 Å². The van der Waals surface area contributed by atoms with Crippen LogP contribution >= 0.6 is 0 Å². The average molecular weight is 445 g/mol. The lowest BCUT2D eigenvalue weighted by atomic mass is 10.1. The van der Waals surface area contributed by atoms with Gasteiger partial charge in [-0.15, -0.1) is 0 Å². The number of nitrogens with zero attached hydrogens (tertiary/aromatic N) is 1. The lowest BCUT2D eigenvalue weighted by molar-refractivity contribution is -0.130. The van der Waals surface area contributed by atoms with Gasteiger partial charge in [-0.3, -0.25) is 19.8 Å². The average Bonchev–Trinajstić information content (AvgIpc) is 2.68. The number of nitrogens with one attached hydrogen (secondary N) is 3. The van der Waals surface area contributed by atoms with Crippen LogP contribution in [0.3, 0.4) is 0 Å². The second-order valence-electron chi connectivity index (χ2n) is 8.15. The molecule has 31 heavy (non-hydrogen) atoms. The van der Waals surface area contributed by atoms with E-state index in [9.17, 15) is 22.8 Å². The normalized spacial score (nSPS) is 14.9. The van der Waals surface area contributed by atoms with Crippen LogP contribution in [-0.4, -0.2) is 31.7 Å². The first kappa shape index (κ1) is 22.4. The minimum Gasteiger partial charge on any atom is -0.322 e. The van der Waals surface area contributed by atoms with E-state index < -0.39 is 21.5 Å². The molecule has 0 bridgehead atoms. The van der Waals surface area contributed by atoms with Gasteiger partial charge in [0.25, 0.3) is 5.91 Å². The van der Waals surface area contributed by atoms with Crippen LogP contribution in [0.2, 0.25) is 0 Å². The Bertz CT molecular complexity index is 1120. The molecule has 1 aliphatic rings. The third-order valence-corrected chi connectivity index (χ3v) is 6.04. The zero-order valence-corrected chi connectivity index (χ0v) is 18.2. The van der Waals surface area contributed by atoms with E-state index in [1.54, 1.807) is 45.0 Å². The minimum absolute atomic E-state index is 0.0370. The molecular formula is C21H24N4O5S. The summed E-state index contributed by atoms with van der Waals surface area (Å²) in [6, 6.07) is 12.1. The molecule has 3 amide bonds. The fourth-order valence-electron chi connectivity index (χ4n) is 2.95. The monoisotopic (exact) mass is 444 g/mol. The smallest absolute Gasteiger partial charge is 0.255 e. The number of sulfonamides is 1. The summed E-state index contributed by atoms with van der Waals surface area (Å²) in [6.07, 6.45) is 0.271. The van der Waals surface area contributed by atoms with Gasteiger partial charge in [-0.05, 0) is 63.2 Å². The molecule has 0 radical (unpaired) electrons. The molecule has 2 aromatic carbocycles. The van der Waals surface area contributed by atoms with E-state index in [4.69, 9.17) is 0 Å². The fraction of sp³-hybridized carbons (Fsp3) is 0.286. The van der Waals surface area contributed by atoms with Crippen LogP contribution < -0.4 is 20.5 Å². The summed E-state index contributed by atoms with van der Waals surface area (Å²) in [6.45, 7) is 5.22. The SMILES string of the molecule is CC(C)(C)NS(=O)(=O)c1cccc(NC(=O)c2ccc(N3NC(=O)CCC3=O)cc2)c1.